The maximum Gasteiger partial charge on any atom is 0.0645 e. The lowest BCUT2D eigenvalue weighted by atomic mass is 9.95. The van der Waals surface area contributed by atoms with Crippen LogP contribution in [0.1, 0.15) is 19.8 Å². The molecule has 0 saturated carbocycles. The van der Waals surface area contributed by atoms with Crippen molar-refractivity contribution in [1.82, 2.24) is 10.0 Å². The number of aliphatic hydroxyl groups is 1. The number of hydrogen-bond acceptors (Lipinski definition) is 4. The second-order valence-electron chi connectivity index (χ2n) is 4.52. The minimum atomic E-state index is -0.442. The molecule has 0 radical (unpaired) electrons. The van der Waals surface area contributed by atoms with E-state index in [0.717, 1.165) is 52.2 Å². The Morgan fingerprint density at radius 1 is 1.00 bits per heavy atom. The zero-order valence-electron chi connectivity index (χ0n) is 8.91. The van der Waals surface area contributed by atoms with Gasteiger partial charge in [0.25, 0.3) is 0 Å². The summed E-state index contributed by atoms with van der Waals surface area (Å²) in [4.78, 5) is 0. The Morgan fingerprint density at radius 3 is 2.07 bits per heavy atom. The highest BCUT2D eigenvalue weighted by Crippen LogP contribution is 2.22. The Balaban J connectivity index is 1.82. The van der Waals surface area contributed by atoms with Crippen molar-refractivity contribution in [3.63, 3.8) is 0 Å². The summed E-state index contributed by atoms with van der Waals surface area (Å²) in [5, 5.41) is 14.5. The highest BCUT2D eigenvalue weighted by molar-refractivity contribution is 4.81. The van der Waals surface area contributed by atoms with Gasteiger partial charge in [0.05, 0.1) is 18.8 Å². The molecule has 0 aliphatic carbocycles. The van der Waals surface area contributed by atoms with Crippen LogP contribution in [-0.4, -0.2) is 60.1 Å². The first-order valence-corrected chi connectivity index (χ1v) is 5.47. The summed E-state index contributed by atoms with van der Waals surface area (Å²) in [5.41, 5.74) is -0.442. The van der Waals surface area contributed by atoms with E-state index in [1.807, 2.05) is 6.92 Å². The second-order valence-corrected chi connectivity index (χ2v) is 4.52. The van der Waals surface area contributed by atoms with Crippen molar-refractivity contribution < 1.29 is 9.84 Å². The van der Waals surface area contributed by atoms with Gasteiger partial charge >= 0.3 is 0 Å². The normalized spacial score (nSPS) is 30.4. The topological polar surface area (TPSA) is 35.9 Å². The predicted molar refractivity (Wildman–Crippen MR) is 53.8 cm³/mol. The van der Waals surface area contributed by atoms with E-state index < -0.39 is 5.60 Å². The van der Waals surface area contributed by atoms with Gasteiger partial charge in [0.1, 0.15) is 0 Å². The SMILES string of the molecule is CC1(O)CCN(N2CCOCC2)CC1. The largest absolute Gasteiger partial charge is 0.390 e. The van der Waals surface area contributed by atoms with Crippen molar-refractivity contribution in [2.24, 2.45) is 0 Å². The van der Waals surface area contributed by atoms with Crippen molar-refractivity contribution >= 4 is 0 Å². The fourth-order valence-electron chi connectivity index (χ4n) is 2.10. The van der Waals surface area contributed by atoms with E-state index in [0.29, 0.717) is 0 Å². The molecule has 2 rings (SSSR count). The average molecular weight is 200 g/mol. The fourth-order valence-corrected chi connectivity index (χ4v) is 2.10. The van der Waals surface area contributed by atoms with Crippen LogP contribution in [0.3, 0.4) is 0 Å². The molecule has 0 unspecified atom stereocenters. The number of nitrogens with zero attached hydrogens (tertiary/aromatic N) is 2. The minimum absolute atomic E-state index is 0.442. The van der Waals surface area contributed by atoms with Crippen LogP contribution in [0, 0.1) is 0 Å². The Hall–Kier alpha value is -0.160. The van der Waals surface area contributed by atoms with Crippen molar-refractivity contribution in [3.8, 4) is 0 Å². The van der Waals surface area contributed by atoms with Crippen LogP contribution >= 0.6 is 0 Å². The number of morpholine rings is 1. The van der Waals surface area contributed by atoms with E-state index in [1.165, 1.54) is 0 Å². The van der Waals surface area contributed by atoms with Gasteiger partial charge < -0.3 is 9.84 Å². The molecule has 2 aliphatic rings. The summed E-state index contributed by atoms with van der Waals surface area (Å²) in [6.07, 6.45) is 1.76. The predicted octanol–water partition coefficient (Wildman–Crippen LogP) is 0.0804. The molecule has 0 aromatic heterocycles. The quantitative estimate of drug-likeness (QED) is 0.650. The van der Waals surface area contributed by atoms with Gasteiger partial charge in [0.15, 0.2) is 0 Å². The zero-order chi connectivity index (χ0) is 10.0. The standard InChI is InChI=1S/C10H20N2O2/c1-10(13)2-4-11(5-3-10)12-6-8-14-9-7-12/h13H,2-9H2,1H3. The van der Waals surface area contributed by atoms with E-state index in [9.17, 15) is 5.11 Å². The molecule has 0 aromatic carbocycles. The number of piperidine rings is 1. The van der Waals surface area contributed by atoms with Gasteiger partial charge in [-0.05, 0) is 19.8 Å². The number of ether oxygens (including phenoxy) is 1. The van der Waals surface area contributed by atoms with Crippen LogP contribution in [0.2, 0.25) is 0 Å². The highest BCUT2D eigenvalue weighted by atomic mass is 16.5. The van der Waals surface area contributed by atoms with Gasteiger partial charge in [-0.3, -0.25) is 0 Å². The van der Waals surface area contributed by atoms with E-state index in [2.05, 4.69) is 10.0 Å². The van der Waals surface area contributed by atoms with Gasteiger partial charge in [-0.1, -0.05) is 0 Å². The van der Waals surface area contributed by atoms with Crippen molar-refractivity contribution in [3.05, 3.63) is 0 Å². The monoisotopic (exact) mass is 200 g/mol. The first kappa shape index (κ1) is 10.4. The summed E-state index contributed by atoms with van der Waals surface area (Å²) in [6.45, 7) is 7.58. The first-order chi connectivity index (χ1) is 6.67. The van der Waals surface area contributed by atoms with Crippen molar-refractivity contribution in [1.29, 1.82) is 0 Å². The molecule has 0 aromatic rings. The smallest absolute Gasteiger partial charge is 0.0645 e. The fraction of sp³-hybridized carbons (Fsp3) is 1.00. The van der Waals surface area contributed by atoms with Gasteiger partial charge in [0, 0.05) is 26.2 Å². The lowest BCUT2D eigenvalue weighted by molar-refractivity contribution is -0.127. The highest BCUT2D eigenvalue weighted by Gasteiger charge is 2.30. The van der Waals surface area contributed by atoms with Crippen LogP contribution < -0.4 is 0 Å². The molecule has 2 saturated heterocycles. The van der Waals surface area contributed by atoms with E-state index >= 15 is 0 Å². The second kappa shape index (κ2) is 4.14. The molecule has 14 heavy (non-hydrogen) atoms. The Morgan fingerprint density at radius 2 is 1.50 bits per heavy atom. The lowest BCUT2D eigenvalue weighted by Crippen LogP contribution is -2.54. The maximum atomic E-state index is 9.82. The van der Waals surface area contributed by atoms with Gasteiger partial charge in [0.2, 0.25) is 0 Å². The Bertz CT molecular complexity index is 181. The van der Waals surface area contributed by atoms with E-state index in [-0.39, 0.29) is 0 Å². The van der Waals surface area contributed by atoms with Crippen molar-refractivity contribution in [2.45, 2.75) is 25.4 Å². The first-order valence-electron chi connectivity index (χ1n) is 5.47. The van der Waals surface area contributed by atoms with Crippen LogP contribution in [0.5, 0.6) is 0 Å². The molecule has 2 fully saturated rings. The minimum Gasteiger partial charge on any atom is -0.390 e. The van der Waals surface area contributed by atoms with Crippen LogP contribution in [-0.2, 0) is 4.74 Å². The Kier molecular flexibility index (Phi) is 3.07. The summed E-state index contributed by atoms with van der Waals surface area (Å²) < 4.78 is 5.31. The number of rotatable bonds is 1. The lowest BCUT2D eigenvalue weighted by Gasteiger charge is -2.43. The average Bonchev–Trinajstić information content (AvgIpc) is 2.19. The molecule has 0 bridgehead atoms. The van der Waals surface area contributed by atoms with E-state index in [1.54, 1.807) is 0 Å². The molecule has 0 atom stereocenters. The van der Waals surface area contributed by atoms with Gasteiger partial charge in [-0.25, -0.2) is 10.0 Å². The molecule has 82 valence electrons. The third-order valence-corrected chi connectivity index (χ3v) is 3.20. The third kappa shape index (κ3) is 2.45. The summed E-state index contributed by atoms with van der Waals surface area (Å²) in [5.74, 6) is 0. The Labute approximate surface area is 85.4 Å². The molecular weight excluding hydrogens is 180 g/mol. The van der Waals surface area contributed by atoms with E-state index in [4.69, 9.17) is 4.74 Å². The van der Waals surface area contributed by atoms with Gasteiger partial charge in [-0.15, -0.1) is 0 Å². The molecule has 2 heterocycles. The molecular formula is C10H20N2O2. The molecule has 2 aliphatic heterocycles. The van der Waals surface area contributed by atoms with Crippen LogP contribution in [0.15, 0.2) is 0 Å². The molecule has 1 N–H and O–H groups in total. The maximum absolute atomic E-state index is 9.82. The molecule has 4 heteroatoms. The van der Waals surface area contributed by atoms with Crippen LogP contribution in [0.25, 0.3) is 0 Å². The number of hydrazine groups is 1. The third-order valence-electron chi connectivity index (χ3n) is 3.20. The van der Waals surface area contributed by atoms with Gasteiger partial charge in [-0.2, -0.15) is 0 Å². The van der Waals surface area contributed by atoms with Crippen molar-refractivity contribution in [2.75, 3.05) is 39.4 Å². The summed E-state index contributed by atoms with van der Waals surface area (Å²) >= 11 is 0. The summed E-state index contributed by atoms with van der Waals surface area (Å²) in [6, 6.07) is 0. The zero-order valence-corrected chi connectivity index (χ0v) is 8.91. The molecule has 0 spiro atoms. The molecule has 0 amide bonds. The number of hydrogen-bond donors (Lipinski definition) is 1. The summed E-state index contributed by atoms with van der Waals surface area (Å²) in [7, 11) is 0. The molecule has 4 nitrogen and oxygen atoms in total. The van der Waals surface area contributed by atoms with Crippen LogP contribution in [0.4, 0.5) is 0 Å².